The average molecular weight is 431 g/mol. The molecule has 0 N–H and O–H groups in total. The molecule has 156 valence electrons. The monoisotopic (exact) mass is 430 g/mol. The van der Waals surface area contributed by atoms with E-state index in [-0.39, 0.29) is 12.2 Å². The van der Waals surface area contributed by atoms with Gasteiger partial charge in [0.2, 0.25) is 5.69 Å². The zero-order valence-corrected chi connectivity index (χ0v) is 17.3. The molecule has 0 fully saturated rings. The number of halogens is 2. The highest BCUT2D eigenvalue weighted by Gasteiger charge is 2.24. The fourth-order valence-electron chi connectivity index (χ4n) is 3.02. The summed E-state index contributed by atoms with van der Waals surface area (Å²) in [6.45, 7) is 4.10. The SMILES string of the molecule is CCN(CC)C(=O)c1nn(-c2cccc(F)c2)c(=O)n(Cc2ccccc2Cl)c1=O. The van der Waals surface area contributed by atoms with Crippen LogP contribution in [0.15, 0.2) is 58.1 Å². The standard InChI is InChI=1S/C21H20ClFN4O3/c1-3-25(4-2)19(28)18-20(29)26(13-14-8-5-6-11-17(14)22)21(30)27(24-18)16-10-7-9-15(23)12-16/h5-12H,3-4,13H2,1-2H3. The minimum atomic E-state index is -0.829. The number of nitrogens with zero attached hydrogens (tertiary/aromatic N) is 4. The second kappa shape index (κ2) is 9.04. The highest BCUT2D eigenvalue weighted by Crippen LogP contribution is 2.15. The molecule has 30 heavy (non-hydrogen) atoms. The largest absolute Gasteiger partial charge is 0.352 e. The van der Waals surface area contributed by atoms with Crippen molar-refractivity contribution in [2.24, 2.45) is 0 Å². The summed E-state index contributed by atoms with van der Waals surface area (Å²) in [5, 5.41) is 4.37. The van der Waals surface area contributed by atoms with E-state index >= 15 is 0 Å². The van der Waals surface area contributed by atoms with E-state index in [0.29, 0.717) is 23.7 Å². The zero-order chi connectivity index (χ0) is 21.8. The minimum Gasteiger partial charge on any atom is -0.338 e. The van der Waals surface area contributed by atoms with Crippen LogP contribution in [0.4, 0.5) is 4.39 Å². The molecule has 9 heteroatoms. The predicted octanol–water partition coefficient (Wildman–Crippen LogP) is 2.72. The van der Waals surface area contributed by atoms with Crippen LogP contribution in [0.2, 0.25) is 5.02 Å². The first kappa shape index (κ1) is 21.4. The van der Waals surface area contributed by atoms with E-state index in [1.807, 2.05) is 0 Å². The average Bonchev–Trinajstić information content (AvgIpc) is 2.73. The Morgan fingerprint density at radius 3 is 2.43 bits per heavy atom. The van der Waals surface area contributed by atoms with Crippen LogP contribution in [0.5, 0.6) is 0 Å². The third-order valence-corrected chi connectivity index (χ3v) is 5.02. The lowest BCUT2D eigenvalue weighted by molar-refractivity contribution is 0.0761. The molecule has 0 atom stereocenters. The van der Waals surface area contributed by atoms with Gasteiger partial charge in [-0.15, -0.1) is 0 Å². The molecule has 0 aliphatic carbocycles. The fourth-order valence-corrected chi connectivity index (χ4v) is 3.22. The van der Waals surface area contributed by atoms with E-state index in [9.17, 15) is 18.8 Å². The molecule has 0 bridgehead atoms. The molecule has 1 amide bonds. The number of carbonyl (C=O) groups is 1. The predicted molar refractivity (Wildman–Crippen MR) is 112 cm³/mol. The van der Waals surface area contributed by atoms with Gasteiger partial charge in [0.1, 0.15) is 5.82 Å². The number of rotatable bonds is 6. The maximum Gasteiger partial charge on any atom is 0.352 e. The van der Waals surface area contributed by atoms with Crippen molar-refractivity contribution >= 4 is 17.5 Å². The third-order valence-electron chi connectivity index (χ3n) is 4.65. The van der Waals surface area contributed by atoms with Crippen molar-refractivity contribution < 1.29 is 9.18 Å². The molecule has 7 nitrogen and oxygen atoms in total. The second-order valence-corrected chi connectivity index (χ2v) is 6.89. The van der Waals surface area contributed by atoms with Gasteiger partial charge in [0, 0.05) is 18.1 Å². The highest BCUT2D eigenvalue weighted by molar-refractivity contribution is 6.31. The third kappa shape index (κ3) is 4.18. The molecule has 0 radical (unpaired) electrons. The summed E-state index contributed by atoms with van der Waals surface area (Å²) < 4.78 is 15.5. The Bertz CT molecular complexity index is 1200. The van der Waals surface area contributed by atoms with Crippen LogP contribution in [0, 0.1) is 5.82 Å². The first-order valence-corrected chi connectivity index (χ1v) is 9.78. The first-order chi connectivity index (χ1) is 14.4. The number of aromatic nitrogens is 3. The van der Waals surface area contributed by atoms with Crippen LogP contribution in [0.25, 0.3) is 5.69 Å². The first-order valence-electron chi connectivity index (χ1n) is 9.40. The van der Waals surface area contributed by atoms with Gasteiger partial charge in [-0.25, -0.2) is 9.18 Å². The number of benzene rings is 2. The van der Waals surface area contributed by atoms with Crippen molar-refractivity contribution in [1.29, 1.82) is 0 Å². The van der Waals surface area contributed by atoms with Crippen molar-refractivity contribution in [2.45, 2.75) is 20.4 Å². The molecule has 2 aromatic carbocycles. The van der Waals surface area contributed by atoms with Gasteiger partial charge in [-0.05, 0) is 43.7 Å². The van der Waals surface area contributed by atoms with E-state index in [1.54, 1.807) is 38.1 Å². The highest BCUT2D eigenvalue weighted by atomic mass is 35.5. The van der Waals surface area contributed by atoms with Crippen LogP contribution in [0.3, 0.4) is 0 Å². The van der Waals surface area contributed by atoms with Crippen molar-refractivity contribution in [3.63, 3.8) is 0 Å². The van der Waals surface area contributed by atoms with Gasteiger partial charge in [0.15, 0.2) is 0 Å². The number of carbonyl (C=O) groups excluding carboxylic acids is 1. The Morgan fingerprint density at radius 2 is 1.80 bits per heavy atom. The molecule has 3 rings (SSSR count). The molecule has 1 aromatic heterocycles. The molecule has 1 heterocycles. The van der Waals surface area contributed by atoms with Crippen molar-refractivity contribution in [3.8, 4) is 5.69 Å². The fraction of sp³-hybridized carbons (Fsp3) is 0.238. The quantitative estimate of drug-likeness (QED) is 0.602. The Morgan fingerprint density at radius 1 is 1.10 bits per heavy atom. The lowest BCUT2D eigenvalue weighted by Crippen LogP contribution is -2.46. The summed E-state index contributed by atoms with van der Waals surface area (Å²) in [4.78, 5) is 40.4. The summed E-state index contributed by atoms with van der Waals surface area (Å²) in [6, 6.07) is 12.0. The molecule has 0 saturated carbocycles. The Balaban J connectivity index is 2.27. The summed E-state index contributed by atoms with van der Waals surface area (Å²) in [7, 11) is 0. The molecule has 0 saturated heterocycles. The number of hydrogen-bond acceptors (Lipinski definition) is 4. The molecular weight excluding hydrogens is 411 g/mol. The van der Waals surface area contributed by atoms with Crippen molar-refractivity contribution in [1.82, 2.24) is 19.2 Å². The van der Waals surface area contributed by atoms with E-state index in [0.717, 1.165) is 15.3 Å². The van der Waals surface area contributed by atoms with E-state index in [4.69, 9.17) is 11.6 Å². The molecule has 0 spiro atoms. The smallest absolute Gasteiger partial charge is 0.338 e. The lowest BCUT2D eigenvalue weighted by atomic mass is 10.2. The van der Waals surface area contributed by atoms with Gasteiger partial charge >= 0.3 is 5.69 Å². The maximum atomic E-state index is 13.8. The van der Waals surface area contributed by atoms with Gasteiger partial charge in [-0.1, -0.05) is 35.9 Å². The molecule has 0 aliphatic rings. The van der Waals surface area contributed by atoms with E-state index in [1.165, 1.54) is 23.1 Å². The maximum absolute atomic E-state index is 13.8. The van der Waals surface area contributed by atoms with Crippen LogP contribution < -0.4 is 11.2 Å². The normalized spacial score (nSPS) is 10.8. The van der Waals surface area contributed by atoms with E-state index < -0.39 is 28.7 Å². The van der Waals surface area contributed by atoms with Gasteiger partial charge in [0.25, 0.3) is 11.5 Å². The lowest BCUT2D eigenvalue weighted by Gasteiger charge is -2.19. The van der Waals surface area contributed by atoms with Crippen LogP contribution in [-0.4, -0.2) is 38.2 Å². The van der Waals surface area contributed by atoms with Crippen LogP contribution in [-0.2, 0) is 6.54 Å². The molecule has 3 aromatic rings. The summed E-state index contributed by atoms with van der Waals surface area (Å²) in [5.74, 6) is -1.19. The number of hydrogen-bond donors (Lipinski definition) is 0. The summed E-state index contributed by atoms with van der Waals surface area (Å²) in [6.07, 6.45) is 0. The Labute approximate surface area is 176 Å². The second-order valence-electron chi connectivity index (χ2n) is 6.48. The van der Waals surface area contributed by atoms with Gasteiger partial charge in [-0.2, -0.15) is 9.78 Å². The van der Waals surface area contributed by atoms with Gasteiger partial charge in [0.05, 0.1) is 12.2 Å². The molecular formula is C21H20ClFN4O3. The summed E-state index contributed by atoms with van der Waals surface area (Å²) in [5.41, 5.74) is -1.43. The van der Waals surface area contributed by atoms with Crippen LogP contribution in [0.1, 0.15) is 29.9 Å². The zero-order valence-electron chi connectivity index (χ0n) is 16.5. The Kier molecular flexibility index (Phi) is 6.47. The minimum absolute atomic E-state index is 0.0986. The van der Waals surface area contributed by atoms with Gasteiger partial charge in [-0.3, -0.25) is 14.2 Å². The van der Waals surface area contributed by atoms with Crippen molar-refractivity contribution in [3.05, 3.63) is 91.5 Å². The summed E-state index contributed by atoms with van der Waals surface area (Å²) >= 11 is 6.19. The van der Waals surface area contributed by atoms with Gasteiger partial charge < -0.3 is 4.90 Å². The van der Waals surface area contributed by atoms with Crippen molar-refractivity contribution in [2.75, 3.05) is 13.1 Å². The molecule has 0 aliphatic heterocycles. The van der Waals surface area contributed by atoms with Crippen LogP contribution >= 0.6 is 11.6 Å². The molecule has 0 unspecified atom stereocenters. The Hall–Kier alpha value is -3.26. The van der Waals surface area contributed by atoms with E-state index in [2.05, 4.69) is 5.10 Å². The topological polar surface area (TPSA) is 77.2 Å². The number of amides is 1.